The van der Waals surface area contributed by atoms with Crippen LogP contribution in [0.5, 0.6) is 5.75 Å². The van der Waals surface area contributed by atoms with Crippen LogP contribution in [0.15, 0.2) is 54.7 Å². The lowest BCUT2D eigenvalue weighted by molar-refractivity contribution is -0.238. The van der Waals surface area contributed by atoms with Crippen LogP contribution >= 0.6 is 0 Å². The lowest BCUT2D eigenvalue weighted by atomic mass is 10.1. The van der Waals surface area contributed by atoms with Gasteiger partial charge in [0.2, 0.25) is 0 Å². The summed E-state index contributed by atoms with van der Waals surface area (Å²) < 4.78 is 53.2. The Morgan fingerprint density at radius 3 is 2.81 bits per heavy atom. The van der Waals surface area contributed by atoms with Crippen molar-refractivity contribution in [2.75, 3.05) is 11.9 Å². The third kappa shape index (κ3) is 3.95. The van der Waals surface area contributed by atoms with E-state index in [9.17, 15) is 18.0 Å². The van der Waals surface area contributed by atoms with E-state index in [0.717, 1.165) is 10.9 Å². The molecule has 6 rings (SSSR count). The third-order valence-electron chi connectivity index (χ3n) is 5.86. The van der Waals surface area contributed by atoms with Crippen molar-refractivity contribution in [2.45, 2.75) is 18.4 Å². The number of rotatable bonds is 4. The molecule has 1 unspecified atom stereocenters. The summed E-state index contributed by atoms with van der Waals surface area (Å²) in [7, 11) is 1.81. The predicted molar refractivity (Wildman–Crippen MR) is 122 cm³/mol. The normalized spacial score (nSPS) is 17.3. The highest BCUT2D eigenvalue weighted by atomic mass is 19.4. The van der Waals surface area contributed by atoms with Gasteiger partial charge < -0.3 is 14.8 Å². The van der Waals surface area contributed by atoms with Gasteiger partial charge in [-0.1, -0.05) is 18.2 Å². The van der Waals surface area contributed by atoms with Crippen molar-refractivity contribution in [3.05, 3.63) is 60.6 Å². The monoisotopic (exact) mass is 510 g/mol. The molecule has 0 bridgehead atoms. The Morgan fingerprint density at radius 2 is 1.97 bits per heavy atom. The Morgan fingerprint density at radius 1 is 1.14 bits per heavy atom. The van der Waals surface area contributed by atoms with E-state index >= 15 is 0 Å². The van der Waals surface area contributed by atoms with Crippen molar-refractivity contribution in [1.29, 1.82) is 0 Å². The van der Waals surface area contributed by atoms with Gasteiger partial charge in [-0.15, -0.1) is 10.2 Å². The molecule has 0 amide bonds. The van der Waals surface area contributed by atoms with E-state index < -0.39 is 24.4 Å². The molecule has 14 heteroatoms. The second-order valence-corrected chi connectivity index (χ2v) is 8.37. The van der Waals surface area contributed by atoms with Gasteiger partial charge in [0.25, 0.3) is 5.79 Å². The molecule has 0 fully saturated rings. The first-order valence-electron chi connectivity index (χ1n) is 11.0. The molecule has 0 saturated carbocycles. The number of benzene rings is 1. The van der Waals surface area contributed by atoms with Crippen molar-refractivity contribution < 1.29 is 27.4 Å². The summed E-state index contributed by atoms with van der Waals surface area (Å²) in [5.41, 5.74) is 2.33. The van der Waals surface area contributed by atoms with Gasteiger partial charge in [-0.25, -0.2) is 9.78 Å². The fourth-order valence-electron chi connectivity index (χ4n) is 4.19. The number of halogens is 3. The second-order valence-electron chi connectivity index (χ2n) is 8.37. The number of para-hydroxylation sites is 1. The van der Waals surface area contributed by atoms with Gasteiger partial charge >= 0.3 is 12.1 Å². The van der Waals surface area contributed by atoms with Crippen LogP contribution in [0.4, 0.5) is 19.0 Å². The number of fused-ring (bicyclic) bond motifs is 3. The standard InChI is InChI=1S/C23H17F3N8O3/c1-33-15-6-3-2-5-13(15)19(32-33)14-8-9-17-29-30-18(34(17)31-14)11-22(37-21(35)23(24,25)26)12-28-20-16(36-22)7-4-10-27-20/h2-10H,11-12H2,1H3,(H,27,28). The number of carbonyl (C=O) groups excluding carboxylic acids is 1. The molecular formula is C23H17F3N8O3. The molecule has 1 aliphatic rings. The zero-order valence-electron chi connectivity index (χ0n) is 19.1. The van der Waals surface area contributed by atoms with E-state index in [2.05, 4.69) is 30.7 Å². The van der Waals surface area contributed by atoms with Crippen LogP contribution in [0.3, 0.4) is 0 Å². The maximum Gasteiger partial charge on any atom is 0.491 e. The summed E-state index contributed by atoms with van der Waals surface area (Å²) in [4.78, 5) is 15.9. The molecule has 1 N–H and O–H groups in total. The number of nitrogens with zero attached hydrogens (tertiary/aromatic N) is 7. The Labute approximate surface area is 205 Å². The van der Waals surface area contributed by atoms with E-state index in [1.165, 1.54) is 16.8 Å². The molecule has 37 heavy (non-hydrogen) atoms. The largest absolute Gasteiger partial charge is 0.491 e. The molecule has 1 aromatic carbocycles. The van der Waals surface area contributed by atoms with Gasteiger partial charge in [-0.3, -0.25) is 4.68 Å². The van der Waals surface area contributed by atoms with Crippen molar-refractivity contribution >= 4 is 28.3 Å². The van der Waals surface area contributed by atoms with Crippen LogP contribution in [0.2, 0.25) is 0 Å². The fraction of sp³-hybridized carbons (Fsp3) is 0.217. The number of aryl methyl sites for hydroxylation is 1. The van der Waals surface area contributed by atoms with Gasteiger partial charge in [-0.05, 0) is 30.3 Å². The molecule has 11 nitrogen and oxygen atoms in total. The summed E-state index contributed by atoms with van der Waals surface area (Å²) in [6.07, 6.45) is -4.14. The summed E-state index contributed by atoms with van der Waals surface area (Å²) in [6.45, 7) is -0.321. The highest BCUT2D eigenvalue weighted by Crippen LogP contribution is 2.35. The summed E-state index contributed by atoms with van der Waals surface area (Å²) in [5.74, 6) is -3.97. The lowest BCUT2D eigenvalue weighted by Crippen LogP contribution is -2.53. The Bertz CT molecular complexity index is 1660. The van der Waals surface area contributed by atoms with Crippen molar-refractivity contribution in [2.24, 2.45) is 7.05 Å². The average Bonchev–Trinajstić information content (AvgIpc) is 3.43. The predicted octanol–water partition coefficient (Wildman–Crippen LogP) is 2.92. The summed E-state index contributed by atoms with van der Waals surface area (Å²) in [6, 6.07) is 14.0. The van der Waals surface area contributed by atoms with E-state index in [1.807, 2.05) is 31.3 Å². The first-order valence-corrected chi connectivity index (χ1v) is 11.0. The van der Waals surface area contributed by atoms with Crippen LogP contribution in [0, 0.1) is 0 Å². The molecule has 4 aromatic heterocycles. The topological polar surface area (TPSA) is 121 Å². The minimum Gasteiger partial charge on any atom is -0.446 e. The number of ether oxygens (including phenoxy) is 2. The molecule has 0 spiro atoms. The maximum absolute atomic E-state index is 13.2. The molecular weight excluding hydrogens is 493 g/mol. The van der Waals surface area contributed by atoms with E-state index in [-0.39, 0.29) is 18.1 Å². The Balaban J connectivity index is 1.41. The van der Waals surface area contributed by atoms with Crippen LogP contribution in [0.25, 0.3) is 27.9 Å². The minimum atomic E-state index is -5.23. The zero-order valence-corrected chi connectivity index (χ0v) is 19.1. The molecule has 0 aliphatic carbocycles. The third-order valence-corrected chi connectivity index (χ3v) is 5.86. The number of carbonyl (C=O) groups is 1. The van der Waals surface area contributed by atoms with E-state index in [1.54, 1.807) is 22.9 Å². The number of nitrogens with one attached hydrogen (secondary N) is 1. The first-order chi connectivity index (χ1) is 17.7. The fourth-order valence-corrected chi connectivity index (χ4v) is 4.19. The van der Waals surface area contributed by atoms with Crippen molar-refractivity contribution in [3.8, 4) is 17.1 Å². The van der Waals surface area contributed by atoms with Crippen LogP contribution in [-0.4, -0.2) is 59.1 Å². The smallest absolute Gasteiger partial charge is 0.446 e. The molecule has 1 atom stereocenters. The highest BCUT2D eigenvalue weighted by Gasteiger charge is 2.50. The summed E-state index contributed by atoms with van der Waals surface area (Å²) >= 11 is 0. The second kappa shape index (κ2) is 8.15. The molecule has 5 heterocycles. The minimum absolute atomic E-state index is 0.112. The van der Waals surface area contributed by atoms with Gasteiger partial charge in [0.1, 0.15) is 11.4 Å². The van der Waals surface area contributed by atoms with Crippen LogP contribution in [-0.2, 0) is 23.0 Å². The van der Waals surface area contributed by atoms with Crippen molar-refractivity contribution in [3.63, 3.8) is 0 Å². The number of hydrogen-bond donors (Lipinski definition) is 1. The van der Waals surface area contributed by atoms with Gasteiger partial charge in [-0.2, -0.15) is 27.9 Å². The zero-order chi connectivity index (χ0) is 25.8. The number of aromatic nitrogens is 7. The molecule has 0 radical (unpaired) electrons. The Kier molecular flexibility index (Phi) is 5.00. The van der Waals surface area contributed by atoms with Crippen LogP contribution < -0.4 is 10.1 Å². The van der Waals surface area contributed by atoms with Gasteiger partial charge in [0.15, 0.2) is 23.0 Å². The van der Waals surface area contributed by atoms with E-state index in [4.69, 9.17) is 9.47 Å². The number of hydrogen-bond acceptors (Lipinski definition) is 9. The molecule has 0 saturated heterocycles. The number of esters is 1. The van der Waals surface area contributed by atoms with Gasteiger partial charge in [0, 0.05) is 18.6 Å². The lowest BCUT2D eigenvalue weighted by Gasteiger charge is -2.37. The highest BCUT2D eigenvalue weighted by molar-refractivity contribution is 5.92. The summed E-state index contributed by atoms with van der Waals surface area (Å²) in [5, 5.41) is 21.0. The number of anilines is 1. The number of alkyl halides is 3. The SMILES string of the molecule is Cn1nc(-c2ccc3nnc(CC4(OC(=O)C(F)(F)F)CNc5ncccc5O4)n3n2)c2ccccc21. The van der Waals surface area contributed by atoms with E-state index in [0.29, 0.717) is 22.9 Å². The maximum atomic E-state index is 13.2. The molecule has 5 aromatic rings. The number of pyridine rings is 1. The quantitative estimate of drug-likeness (QED) is 0.364. The van der Waals surface area contributed by atoms with Gasteiger partial charge in [0.05, 0.1) is 18.5 Å². The van der Waals surface area contributed by atoms with Crippen molar-refractivity contribution in [1.82, 2.24) is 34.6 Å². The first kappa shape index (κ1) is 22.7. The molecule has 188 valence electrons. The Hall–Kier alpha value is -4.75. The average molecular weight is 510 g/mol. The van der Waals surface area contributed by atoms with Crippen LogP contribution in [0.1, 0.15) is 5.82 Å². The molecule has 1 aliphatic heterocycles.